The fraction of sp³-hybridized carbons (Fsp3) is 0.385. The van der Waals surface area contributed by atoms with Gasteiger partial charge in [0.25, 0.3) is 0 Å². The third-order valence-corrected chi connectivity index (χ3v) is 2.06. The maximum absolute atomic E-state index is 5.58. The Morgan fingerprint density at radius 3 is 2.47 bits per heavy atom. The first-order chi connectivity index (χ1) is 7.22. The summed E-state index contributed by atoms with van der Waals surface area (Å²) >= 11 is 5.58. The number of benzene rings is 1. The van der Waals surface area contributed by atoms with Gasteiger partial charge in [0.15, 0.2) is 0 Å². The van der Waals surface area contributed by atoms with Gasteiger partial charge in [-0.3, -0.25) is 0 Å². The largest absolute Gasteiger partial charge is 0.491 e. The maximum Gasteiger partial charge on any atom is 0.119 e. The highest BCUT2D eigenvalue weighted by Gasteiger charge is 1.95. The molecule has 1 rings (SSSR count). The Morgan fingerprint density at radius 1 is 1.27 bits per heavy atom. The van der Waals surface area contributed by atoms with Gasteiger partial charge in [-0.25, -0.2) is 0 Å². The molecule has 1 aromatic rings. The van der Waals surface area contributed by atoms with Gasteiger partial charge in [-0.1, -0.05) is 24.3 Å². The minimum Gasteiger partial charge on any atom is -0.491 e. The van der Waals surface area contributed by atoms with E-state index in [-0.39, 0.29) is 6.10 Å². The third-order valence-electron chi connectivity index (χ3n) is 1.84. The molecule has 0 heterocycles. The molecule has 1 aromatic carbocycles. The molecule has 0 spiro atoms. The van der Waals surface area contributed by atoms with Crippen molar-refractivity contribution in [1.29, 1.82) is 0 Å². The van der Waals surface area contributed by atoms with Gasteiger partial charge in [0.05, 0.1) is 6.10 Å². The number of hydrogen-bond donors (Lipinski definition) is 0. The standard InChI is InChI=1S/C13H17ClO/c1-11(2)15-13-8-6-12(7-9-13)5-3-4-10-14/h3,5-9,11H,4,10H2,1-2H3/b5-3+. The van der Waals surface area contributed by atoms with Crippen molar-refractivity contribution < 1.29 is 4.74 Å². The van der Waals surface area contributed by atoms with Crippen LogP contribution in [0.1, 0.15) is 25.8 Å². The first-order valence-electron chi connectivity index (χ1n) is 5.21. The number of halogens is 1. The minimum atomic E-state index is 0.225. The molecular formula is C13H17ClO. The molecule has 0 aliphatic carbocycles. The monoisotopic (exact) mass is 224 g/mol. The normalized spacial score (nSPS) is 11.2. The van der Waals surface area contributed by atoms with E-state index in [0.29, 0.717) is 5.88 Å². The molecule has 0 radical (unpaired) electrons. The first kappa shape index (κ1) is 12.1. The predicted octanol–water partition coefficient (Wildman–Crippen LogP) is 4.12. The van der Waals surface area contributed by atoms with Crippen molar-refractivity contribution in [2.24, 2.45) is 0 Å². The fourth-order valence-electron chi connectivity index (χ4n) is 1.21. The van der Waals surface area contributed by atoms with Crippen LogP contribution in [0.4, 0.5) is 0 Å². The molecule has 1 nitrogen and oxygen atoms in total. The molecule has 2 heteroatoms. The van der Waals surface area contributed by atoms with E-state index >= 15 is 0 Å². The van der Waals surface area contributed by atoms with Crippen molar-refractivity contribution in [3.05, 3.63) is 35.9 Å². The van der Waals surface area contributed by atoms with Gasteiger partial charge in [-0.2, -0.15) is 0 Å². The Hall–Kier alpha value is -0.950. The molecule has 82 valence electrons. The number of rotatable bonds is 5. The number of ether oxygens (including phenoxy) is 1. The van der Waals surface area contributed by atoms with Crippen molar-refractivity contribution in [2.75, 3.05) is 5.88 Å². The van der Waals surface area contributed by atoms with Crippen LogP contribution in [0, 0.1) is 0 Å². The summed E-state index contributed by atoms with van der Waals surface area (Å²) in [7, 11) is 0. The highest BCUT2D eigenvalue weighted by molar-refractivity contribution is 6.17. The third kappa shape index (κ3) is 4.89. The summed E-state index contributed by atoms with van der Waals surface area (Å²) in [5.74, 6) is 1.59. The molecule has 0 saturated carbocycles. The van der Waals surface area contributed by atoms with Crippen LogP contribution >= 0.6 is 11.6 Å². The highest BCUT2D eigenvalue weighted by atomic mass is 35.5. The van der Waals surface area contributed by atoms with Gasteiger partial charge in [-0.05, 0) is 38.0 Å². The smallest absolute Gasteiger partial charge is 0.119 e. The highest BCUT2D eigenvalue weighted by Crippen LogP contribution is 2.14. The summed E-state index contributed by atoms with van der Waals surface area (Å²) in [4.78, 5) is 0. The Balaban J connectivity index is 2.56. The summed E-state index contributed by atoms with van der Waals surface area (Å²) in [5.41, 5.74) is 1.18. The van der Waals surface area contributed by atoms with E-state index in [9.17, 15) is 0 Å². The summed E-state index contributed by atoms with van der Waals surface area (Å²) in [6.07, 6.45) is 5.28. The predicted molar refractivity (Wildman–Crippen MR) is 66.6 cm³/mol. The molecule has 0 aromatic heterocycles. The summed E-state index contributed by atoms with van der Waals surface area (Å²) in [6.45, 7) is 4.04. The van der Waals surface area contributed by atoms with E-state index in [1.807, 2.05) is 38.1 Å². The van der Waals surface area contributed by atoms with Crippen molar-refractivity contribution in [3.63, 3.8) is 0 Å². The molecule has 0 fully saturated rings. The van der Waals surface area contributed by atoms with Crippen LogP contribution < -0.4 is 4.74 Å². The quantitative estimate of drug-likeness (QED) is 0.684. The lowest BCUT2D eigenvalue weighted by Crippen LogP contribution is -2.05. The molecule has 0 unspecified atom stereocenters. The SMILES string of the molecule is CC(C)Oc1ccc(/C=C/CCCl)cc1. The second kappa shape index (κ2) is 6.52. The van der Waals surface area contributed by atoms with E-state index in [2.05, 4.69) is 12.2 Å². The molecule has 0 aliphatic rings. The van der Waals surface area contributed by atoms with Gasteiger partial charge < -0.3 is 4.74 Å². The molecular weight excluding hydrogens is 208 g/mol. The molecule has 15 heavy (non-hydrogen) atoms. The fourth-order valence-corrected chi connectivity index (χ4v) is 1.34. The Kier molecular flexibility index (Phi) is 5.27. The van der Waals surface area contributed by atoms with Crippen LogP contribution in [0.5, 0.6) is 5.75 Å². The molecule has 0 aliphatic heterocycles. The Morgan fingerprint density at radius 2 is 1.93 bits per heavy atom. The molecule has 0 N–H and O–H groups in total. The summed E-state index contributed by atoms with van der Waals surface area (Å²) < 4.78 is 5.55. The number of allylic oxidation sites excluding steroid dienone is 1. The second-order valence-electron chi connectivity index (χ2n) is 3.62. The van der Waals surface area contributed by atoms with Crippen molar-refractivity contribution in [2.45, 2.75) is 26.4 Å². The number of hydrogen-bond acceptors (Lipinski definition) is 1. The van der Waals surface area contributed by atoms with E-state index in [1.54, 1.807) is 0 Å². The zero-order valence-corrected chi connectivity index (χ0v) is 10.00. The lowest BCUT2D eigenvalue weighted by atomic mass is 10.2. The van der Waals surface area contributed by atoms with E-state index in [0.717, 1.165) is 12.2 Å². The van der Waals surface area contributed by atoms with Crippen LogP contribution in [0.3, 0.4) is 0 Å². The lowest BCUT2D eigenvalue weighted by molar-refractivity contribution is 0.242. The zero-order chi connectivity index (χ0) is 11.1. The van der Waals surface area contributed by atoms with Crippen LogP contribution in [0.15, 0.2) is 30.3 Å². The van der Waals surface area contributed by atoms with Crippen LogP contribution in [-0.2, 0) is 0 Å². The van der Waals surface area contributed by atoms with Gasteiger partial charge in [0, 0.05) is 5.88 Å². The van der Waals surface area contributed by atoms with Crippen molar-refractivity contribution >= 4 is 17.7 Å². The van der Waals surface area contributed by atoms with E-state index in [1.165, 1.54) is 5.56 Å². The van der Waals surface area contributed by atoms with Gasteiger partial charge in [0.1, 0.15) is 5.75 Å². The van der Waals surface area contributed by atoms with Crippen LogP contribution in [0.25, 0.3) is 6.08 Å². The Bertz CT molecular complexity index is 301. The van der Waals surface area contributed by atoms with E-state index in [4.69, 9.17) is 16.3 Å². The molecule has 0 saturated heterocycles. The van der Waals surface area contributed by atoms with Gasteiger partial charge in [-0.15, -0.1) is 11.6 Å². The van der Waals surface area contributed by atoms with Crippen LogP contribution in [0.2, 0.25) is 0 Å². The van der Waals surface area contributed by atoms with E-state index < -0.39 is 0 Å². The first-order valence-corrected chi connectivity index (χ1v) is 5.75. The molecule has 0 amide bonds. The zero-order valence-electron chi connectivity index (χ0n) is 9.24. The summed E-state index contributed by atoms with van der Waals surface area (Å²) in [5, 5.41) is 0. The lowest BCUT2D eigenvalue weighted by Gasteiger charge is -2.09. The van der Waals surface area contributed by atoms with Crippen LogP contribution in [-0.4, -0.2) is 12.0 Å². The average molecular weight is 225 g/mol. The number of alkyl halides is 1. The van der Waals surface area contributed by atoms with Gasteiger partial charge in [0.2, 0.25) is 0 Å². The van der Waals surface area contributed by atoms with Crippen molar-refractivity contribution in [3.8, 4) is 5.75 Å². The minimum absolute atomic E-state index is 0.225. The molecule has 0 atom stereocenters. The topological polar surface area (TPSA) is 9.23 Å². The maximum atomic E-state index is 5.58. The second-order valence-corrected chi connectivity index (χ2v) is 3.99. The Labute approximate surface area is 96.7 Å². The summed E-state index contributed by atoms with van der Waals surface area (Å²) in [6, 6.07) is 8.06. The van der Waals surface area contributed by atoms with Gasteiger partial charge >= 0.3 is 0 Å². The molecule has 0 bridgehead atoms. The average Bonchev–Trinajstić information content (AvgIpc) is 2.20. The van der Waals surface area contributed by atoms with Crippen molar-refractivity contribution in [1.82, 2.24) is 0 Å².